The Bertz CT molecular complexity index is 328. The number of benzene rings is 1. The van der Waals surface area contributed by atoms with E-state index in [9.17, 15) is 4.39 Å². The van der Waals surface area contributed by atoms with Crippen LogP contribution in [0.3, 0.4) is 0 Å². The zero-order valence-electron chi connectivity index (χ0n) is 9.52. The average Bonchev–Trinajstić information content (AvgIpc) is 2.28. The standard InChI is InChI=1S/C14H18F/c1-4-6-13-7-12(5-2)8-14(9-13)11(3)10-15/h5,7-9H,2,4,6,10H2,1,3H3. The van der Waals surface area contributed by atoms with Gasteiger partial charge in [-0.1, -0.05) is 51.1 Å². The van der Waals surface area contributed by atoms with Crippen LogP contribution in [0, 0.1) is 5.92 Å². The van der Waals surface area contributed by atoms with Crippen molar-refractivity contribution in [3.8, 4) is 0 Å². The molecular formula is C14H18F. The summed E-state index contributed by atoms with van der Waals surface area (Å²) in [6.07, 6.45) is 3.96. The number of rotatable bonds is 5. The monoisotopic (exact) mass is 205 g/mol. The lowest BCUT2D eigenvalue weighted by atomic mass is 9.95. The minimum atomic E-state index is -0.383. The zero-order chi connectivity index (χ0) is 11.3. The molecule has 1 radical (unpaired) electrons. The molecule has 0 saturated heterocycles. The fourth-order valence-electron chi connectivity index (χ4n) is 1.59. The molecule has 0 saturated carbocycles. The van der Waals surface area contributed by atoms with Crippen LogP contribution in [0.2, 0.25) is 0 Å². The van der Waals surface area contributed by atoms with E-state index in [1.165, 1.54) is 5.56 Å². The van der Waals surface area contributed by atoms with E-state index in [0.717, 1.165) is 29.9 Å². The van der Waals surface area contributed by atoms with Crippen molar-refractivity contribution in [1.29, 1.82) is 0 Å². The maximum absolute atomic E-state index is 12.6. The summed E-state index contributed by atoms with van der Waals surface area (Å²) in [6.45, 7) is 7.35. The molecule has 0 spiro atoms. The van der Waals surface area contributed by atoms with Gasteiger partial charge in [0.15, 0.2) is 0 Å². The predicted molar refractivity (Wildman–Crippen MR) is 64.5 cm³/mol. The molecule has 15 heavy (non-hydrogen) atoms. The Labute approximate surface area is 91.8 Å². The molecule has 81 valence electrons. The molecule has 0 nitrogen and oxygen atoms in total. The fraction of sp³-hybridized carbons (Fsp3) is 0.357. The van der Waals surface area contributed by atoms with Crippen LogP contribution in [-0.4, -0.2) is 6.67 Å². The highest BCUT2D eigenvalue weighted by molar-refractivity contribution is 5.52. The third-order valence-electron chi connectivity index (χ3n) is 2.48. The van der Waals surface area contributed by atoms with Crippen molar-refractivity contribution < 1.29 is 4.39 Å². The van der Waals surface area contributed by atoms with Gasteiger partial charge in [0.25, 0.3) is 0 Å². The molecule has 0 aliphatic carbocycles. The first kappa shape index (κ1) is 12.0. The van der Waals surface area contributed by atoms with Crippen molar-refractivity contribution in [2.75, 3.05) is 6.67 Å². The van der Waals surface area contributed by atoms with E-state index in [-0.39, 0.29) is 6.67 Å². The van der Waals surface area contributed by atoms with Gasteiger partial charge in [0.2, 0.25) is 0 Å². The molecule has 0 heterocycles. The number of hydrogen-bond acceptors (Lipinski definition) is 0. The highest BCUT2D eigenvalue weighted by Gasteiger charge is 2.07. The number of halogens is 1. The summed E-state index contributed by atoms with van der Waals surface area (Å²) in [5, 5.41) is 0. The normalized spacial score (nSPS) is 10.7. The maximum atomic E-state index is 12.6. The quantitative estimate of drug-likeness (QED) is 0.676. The van der Waals surface area contributed by atoms with Crippen LogP contribution < -0.4 is 0 Å². The second-order valence-electron chi connectivity index (χ2n) is 3.83. The summed E-state index contributed by atoms with van der Waals surface area (Å²) in [5.74, 6) is 0.788. The van der Waals surface area contributed by atoms with Crippen LogP contribution in [0.15, 0.2) is 24.8 Å². The third-order valence-corrected chi connectivity index (χ3v) is 2.48. The summed E-state index contributed by atoms with van der Waals surface area (Å²) in [6, 6.07) is 6.18. The second kappa shape index (κ2) is 5.69. The van der Waals surface area contributed by atoms with Crippen LogP contribution >= 0.6 is 0 Å². The van der Waals surface area contributed by atoms with Gasteiger partial charge in [-0.3, -0.25) is 4.39 Å². The average molecular weight is 205 g/mol. The summed E-state index contributed by atoms with van der Waals surface area (Å²) >= 11 is 0. The van der Waals surface area contributed by atoms with Crippen molar-refractivity contribution in [2.24, 2.45) is 0 Å². The van der Waals surface area contributed by atoms with Crippen molar-refractivity contribution in [3.63, 3.8) is 0 Å². The summed E-state index contributed by atoms with van der Waals surface area (Å²) < 4.78 is 12.6. The zero-order valence-corrected chi connectivity index (χ0v) is 9.52. The Balaban J connectivity index is 3.04. The van der Waals surface area contributed by atoms with E-state index in [2.05, 4.69) is 25.6 Å². The molecule has 1 aromatic carbocycles. The van der Waals surface area contributed by atoms with Crippen molar-refractivity contribution in [1.82, 2.24) is 0 Å². The van der Waals surface area contributed by atoms with Gasteiger partial charge >= 0.3 is 0 Å². The van der Waals surface area contributed by atoms with E-state index in [1.807, 2.05) is 19.1 Å². The molecule has 0 bridgehead atoms. The van der Waals surface area contributed by atoms with Gasteiger partial charge in [0.1, 0.15) is 0 Å². The Morgan fingerprint density at radius 3 is 2.67 bits per heavy atom. The van der Waals surface area contributed by atoms with Gasteiger partial charge in [0.05, 0.1) is 6.67 Å². The van der Waals surface area contributed by atoms with E-state index in [0.29, 0.717) is 0 Å². The Morgan fingerprint density at radius 1 is 1.40 bits per heavy atom. The fourth-order valence-corrected chi connectivity index (χ4v) is 1.59. The van der Waals surface area contributed by atoms with Crippen molar-refractivity contribution in [3.05, 3.63) is 47.4 Å². The maximum Gasteiger partial charge on any atom is 0.0997 e. The first-order valence-electron chi connectivity index (χ1n) is 5.36. The van der Waals surface area contributed by atoms with Crippen LogP contribution in [0.5, 0.6) is 0 Å². The molecule has 1 rings (SSSR count). The molecule has 1 aromatic rings. The second-order valence-corrected chi connectivity index (χ2v) is 3.83. The largest absolute Gasteiger partial charge is 0.250 e. The molecule has 1 heteroatoms. The lowest BCUT2D eigenvalue weighted by Gasteiger charge is -2.10. The van der Waals surface area contributed by atoms with Crippen LogP contribution in [0.1, 0.15) is 37.0 Å². The minimum absolute atomic E-state index is 0.383. The first-order valence-corrected chi connectivity index (χ1v) is 5.36. The molecule has 0 aliphatic heterocycles. The van der Waals surface area contributed by atoms with Gasteiger partial charge in [-0.15, -0.1) is 0 Å². The van der Waals surface area contributed by atoms with Crippen LogP contribution in [-0.2, 0) is 6.42 Å². The molecule has 0 atom stereocenters. The Hall–Kier alpha value is -1.11. The molecule has 0 aromatic heterocycles. The summed E-state index contributed by atoms with van der Waals surface area (Å²) in [5.41, 5.74) is 3.33. The minimum Gasteiger partial charge on any atom is -0.250 e. The van der Waals surface area contributed by atoms with Crippen LogP contribution in [0.25, 0.3) is 6.08 Å². The first-order chi connectivity index (χ1) is 7.21. The molecule has 0 N–H and O–H groups in total. The smallest absolute Gasteiger partial charge is 0.0997 e. The number of aryl methyl sites for hydroxylation is 1. The number of hydrogen-bond donors (Lipinski definition) is 0. The van der Waals surface area contributed by atoms with Crippen molar-refractivity contribution in [2.45, 2.75) is 26.7 Å². The highest BCUT2D eigenvalue weighted by atomic mass is 19.1. The highest BCUT2D eigenvalue weighted by Crippen LogP contribution is 2.20. The van der Waals surface area contributed by atoms with E-state index < -0.39 is 0 Å². The Kier molecular flexibility index (Phi) is 4.54. The Morgan fingerprint density at radius 2 is 2.13 bits per heavy atom. The topological polar surface area (TPSA) is 0 Å². The van der Waals surface area contributed by atoms with Gasteiger partial charge in [0, 0.05) is 5.92 Å². The lowest BCUT2D eigenvalue weighted by Crippen LogP contribution is -1.99. The molecule has 0 aliphatic rings. The van der Waals surface area contributed by atoms with Gasteiger partial charge < -0.3 is 0 Å². The van der Waals surface area contributed by atoms with Gasteiger partial charge in [-0.05, 0) is 23.1 Å². The van der Waals surface area contributed by atoms with E-state index >= 15 is 0 Å². The van der Waals surface area contributed by atoms with E-state index in [4.69, 9.17) is 0 Å². The molecule has 0 amide bonds. The van der Waals surface area contributed by atoms with Gasteiger partial charge in [-0.2, -0.15) is 0 Å². The molecule has 0 fully saturated rings. The number of alkyl halides is 1. The lowest BCUT2D eigenvalue weighted by molar-refractivity contribution is 0.516. The predicted octanol–water partition coefficient (Wildman–Crippen LogP) is 4.19. The molecule has 0 unspecified atom stereocenters. The SMILES string of the molecule is C=Cc1cc(CCC)cc([C](C)CF)c1. The van der Waals surface area contributed by atoms with Crippen molar-refractivity contribution >= 4 is 6.08 Å². The third kappa shape index (κ3) is 3.19. The van der Waals surface area contributed by atoms with Gasteiger partial charge in [-0.25, -0.2) is 0 Å². The summed E-state index contributed by atoms with van der Waals surface area (Å²) in [7, 11) is 0. The summed E-state index contributed by atoms with van der Waals surface area (Å²) in [4.78, 5) is 0. The van der Waals surface area contributed by atoms with E-state index in [1.54, 1.807) is 0 Å². The molecular weight excluding hydrogens is 187 g/mol. The van der Waals surface area contributed by atoms with Crippen LogP contribution in [0.4, 0.5) is 4.39 Å².